The Morgan fingerprint density at radius 2 is 1.85 bits per heavy atom. The molecule has 0 radical (unpaired) electrons. The van der Waals surface area contributed by atoms with Gasteiger partial charge in [-0.3, -0.25) is 4.79 Å². The fourth-order valence-corrected chi connectivity index (χ4v) is 2.91. The average molecular weight is 284 g/mol. The lowest BCUT2D eigenvalue weighted by atomic mass is 9.84. The highest BCUT2D eigenvalue weighted by Crippen LogP contribution is 2.26. The lowest BCUT2D eigenvalue weighted by Crippen LogP contribution is -2.47. The predicted octanol–water partition coefficient (Wildman–Crippen LogP) is 2.90. The van der Waals surface area contributed by atoms with Crippen molar-refractivity contribution in [2.75, 3.05) is 0 Å². The Labute approximate surface area is 121 Å². The maximum absolute atomic E-state index is 11.9. The van der Waals surface area contributed by atoms with Crippen LogP contribution in [0.2, 0.25) is 0 Å². The van der Waals surface area contributed by atoms with Gasteiger partial charge in [0.15, 0.2) is 0 Å². The van der Waals surface area contributed by atoms with Gasteiger partial charge in [-0.15, -0.1) is 0 Å². The number of carboxylic acids is 1. The monoisotopic (exact) mass is 284 g/mol. The van der Waals surface area contributed by atoms with Crippen LogP contribution in [0.25, 0.3) is 0 Å². The quantitative estimate of drug-likeness (QED) is 0.672. The molecule has 1 rings (SSSR count). The van der Waals surface area contributed by atoms with Crippen LogP contribution in [-0.2, 0) is 4.79 Å². The van der Waals surface area contributed by atoms with Crippen LogP contribution in [0.1, 0.15) is 65.2 Å². The van der Waals surface area contributed by atoms with E-state index in [1.807, 2.05) is 6.92 Å². The van der Waals surface area contributed by atoms with Crippen molar-refractivity contribution in [3.05, 3.63) is 0 Å². The van der Waals surface area contributed by atoms with Gasteiger partial charge >= 0.3 is 12.0 Å². The Hall–Kier alpha value is -1.26. The van der Waals surface area contributed by atoms with Gasteiger partial charge in [0, 0.05) is 12.1 Å². The summed E-state index contributed by atoms with van der Waals surface area (Å²) in [6, 6.07) is -0.251. The summed E-state index contributed by atoms with van der Waals surface area (Å²) in [4.78, 5) is 22.7. The van der Waals surface area contributed by atoms with E-state index in [9.17, 15) is 9.59 Å². The molecule has 3 N–H and O–H groups in total. The van der Waals surface area contributed by atoms with Gasteiger partial charge in [0.25, 0.3) is 0 Å². The second-order valence-corrected chi connectivity index (χ2v) is 5.83. The van der Waals surface area contributed by atoms with Crippen LogP contribution in [0.15, 0.2) is 0 Å². The zero-order chi connectivity index (χ0) is 15.0. The van der Waals surface area contributed by atoms with E-state index in [1.165, 1.54) is 19.3 Å². The number of carboxylic acid groups (broad SMARTS) is 1. The van der Waals surface area contributed by atoms with Crippen LogP contribution in [0.5, 0.6) is 0 Å². The lowest BCUT2D eigenvalue weighted by Gasteiger charge is -2.29. The summed E-state index contributed by atoms with van der Waals surface area (Å²) >= 11 is 0. The van der Waals surface area contributed by atoms with Crippen molar-refractivity contribution < 1.29 is 14.7 Å². The minimum Gasteiger partial charge on any atom is -0.481 e. The molecule has 20 heavy (non-hydrogen) atoms. The molecule has 1 fully saturated rings. The van der Waals surface area contributed by atoms with Gasteiger partial charge in [-0.1, -0.05) is 26.7 Å². The first-order valence-electron chi connectivity index (χ1n) is 7.83. The van der Waals surface area contributed by atoms with Gasteiger partial charge < -0.3 is 15.7 Å². The van der Waals surface area contributed by atoms with Crippen LogP contribution in [0.3, 0.4) is 0 Å². The van der Waals surface area contributed by atoms with Gasteiger partial charge in [0.05, 0.1) is 6.42 Å². The molecule has 0 aromatic carbocycles. The third-order valence-electron chi connectivity index (χ3n) is 4.15. The molecular weight excluding hydrogens is 256 g/mol. The van der Waals surface area contributed by atoms with Gasteiger partial charge in [-0.25, -0.2) is 4.79 Å². The average Bonchev–Trinajstić information content (AvgIpc) is 2.39. The van der Waals surface area contributed by atoms with Crippen LogP contribution < -0.4 is 10.6 Å². The van der Waals surface area contributed by atoms with E-state index < -0.39 is 5.97 Å². The largest absolute Gasteiger partial charge is 0.481 e. The van der Waals surface area contributed by atoms with E-state index in [0.29, 0.717) is 6.42 Å². The first kappa shape index (κ1) is 16.8. The van der Waals surface area contributed by atoms with E-state index in [1.54, 1.807) is 0 Å². The van der Waals surface area contributed by atoms with Gasteiger partial charge in [0.1, 0.15) is 0 Å². The van der Waals surface area contributed by atoms with E-state index >= 15 is 0 Å². The number of carbonyl (C=O) groups excluding carboxylic acids is 1. The lowest BCUT2D eigenvalue weighted by molar-refractivity contribution is -0.137. The van der Waals surface area contributed by atoms with Crippen molar-refractivity contribution in [3.8, 4) is 0 Å². The molecule has 116 valence electrons. The molecular formula is C15H28N2O3. The molecule has 0 spiro atoms. The van der Waals surface area contributed by atoms with Crippen molar-refractivity contribution in [2.45, 2.75) is 77.3 Å². The topological polar surface area (TPSA) is 78.4 Å². The second-order valence-electron chi connectivity index (χ2n) is 5.83. The van der Waals surface area contributed by atoms with Crippen LogP contribution in [0, 0.1) is 5.92 Å². The number of hydrogen-bond acceptors (Lipinski definition) is 2. The molecule has 1 aliphatic carbocycles. The first-order valence-corrected chi connectivity index (χ1v) is 7.83. The fraction of sp³-hybridized carbons (Fsp3) is 0.867. The molecule has 0 aromatic heterocycles. The molecule has 0 saturated heterocycles. The van der Waals surface area contributed by atoms with Crippen molar-refractivity contribution in [2.24, 2.45) is 5.92 Å². The minimum atomic E-state index is -0.868. The molecule has 5 heteroatoms. The van der Waals surface area contributed by atoms with Gasteiger partial charge in [0.2, 0.25) is 0 Å². The van der Waals surface area contributed by atoms with Crippen molar-refractivity contribution in [3.63, 3.8) is 0 Å². The predicted molar refractivity (Wildman–Crippen MR) is 78.7 cm³/mol. The summed E-state index contributed by atoms with van der Waals surface area (Å²) in [7, 11) is 0. The fourth-order valence-electron chi connectivity index (χ4n) is 2.91. The summed E-state index contributed by atoms with van der Waals surface area (Å²) in [5, 5.41) is 14.6. The van der Waals surface area contributed by atoms with Crippen LogP contribution in [-0.4, -0.2) is 29.2 Å². The van der Waals surface area contributed by atoms with Crippen molar-refractivity contribution >= 4 is 12.0 Å². The van der Waals surface area contributed by atoms with Crippen LogP contribution in [0.4, 0.5) is 4.79 Å². The zero-order valence-corrected chi connectivity index (χ0v) is 12.7. The second kappa shape index (κ2) is 8.82. The summed E-state index contributed by atoms with van der Waals surface area (Å²) in [6.07, 6.45) is 7.18. The SMILES string of the molecule is CCCC(CC(=O)O)NC(=O)NC1CCC(CC)CC1. The summed E-state index contributed by atoms with van der Waals surface area (Å²) in [6.45, 7) is 4.20. The van der Waals surface area contributed by atoms with E-state index in [0.717, 1.165) is 25.2 Å². The number of nitrogens with one attached hydrogen (secondary N) is 2. The smallest absolute Gasteiger partial charge is 0.315 e. The van der Waals surface area contributed by atoms with Crippen molar-refractivity contribution in [1.82, 2.24) is 10.6 Å². The van der Waals surface area contributed by atoms with Gasteiger partial charge in [-0.05, 0) is 38.0 Å². The summed E-state index contributed by atoms with van der Waals surface area (Å²) in [5.41, 5.74) is 0. The Morgan fingerprint density at radius 1 is 1.20 bits per heavy atom. The molecule has 0 bridgehead atoms. The first-order chi connectivity index (χ1) is 9.55. The minimum absolute atomic E-state index is 0.0101. The number of rotatable bonds is 7. The third-order valence-corrected chi connectivity index (χ3v) is 4.15. The molecule has 1 atom stereocenters. The molecule has 1 unspecified atom stereocenters. The third kappa shape index (κ3) is 6.26. The molecule has 1 saturated carbocycles. The number of carbonyl (C=O) groups is 2. The Balaban J connectivity index is 2.32. The summed E-state index contributed by atoms with van der Waals surface area (Å²) < 4.78 is 0. The Morgan fingerprint density at radius 3 is 2.35 bits per heavy atom. The Bertz CT molecular complexity index is 312. The van der Waals surface area contributed by atoms with E-state index in [2.05, 4.69) is 17.6 Å². The number of urea groups is 1. The van der Waals surface area contributed by atoms with E-state index in [4.69, 9.17) is 5.11 Å². The number of aliphatic carboxylic acids is 1. The highest BCUT2D eigenvalue weighted by Gasteiger charge is 2.22. The molecule has 2 amide bonds. The molecule has 1 aliphatic rings. The standard InChI is InChI=1S/C15H28N2O3/c1-3-5-13(10-14(18)19)17-15(20)16-12-8-6-11(4-2)7-9-12/h11-13H,3-10H2,1-2H3,(H,18,19)(H2,16,17,20). The maximum Gasteiger partial charge on any atom is 0.315 e. The highest BCUT2D eigenvalue weighted by atomic mass is 16.4. The zero-order valence-electron chi connectivity index (χ0n) is 12.7. The normalized spacial score (nSPS) is 23.9. The van der Waals surface area contributed by atoms with E-state index in [-0.39, 0.29) is 24.5 Å². The van der Waals surface area contributed by atoms with Gasteiger partial charge in [-0.2, -0.15) is 0 Å². The number of hydrogen-bond donors (Lipinski definition) is 3. The summed E-state index contributed by atoms with van der Waals surface area (Å²) in [5.74, 6) is -0.0665. The molecule has 5 nitrogen and oxygen atoms in total. The number of amides is 2. The molecule has 0 heterocycles. The van der Waals surface area contributed by atoms with Crippen LogP contribution >= 0.6 is 0 Å². The van der Waals surface area contributed by atoms with Crippen molar-refractivity contribution in [1.29, 1.82) is 0 Å². The molecule has 0 aromatic rings. The maximum atomic E-state index is 11.9. The highest BCUT2D eigenvalue weighted by molar-refractivity contribution is 5.76. The molecule has 0 aliphatic heterocycles. The Kier molecular flexibility index (Phi) is 7.41.